The van der Waals surface area contributed by atoms with Crippen LogP contribution in [-0.2, 0) is 6.54 Å². The van der Waals surface area contributed by atoms with Gasteiger partial charge in [0.05, 0.1) is 0 Å². The number of amides is 1. The average Bonchev–Trinajstić information content (AvgIpc) is 2.88. The van der Waals surface area contributed by atoms with Gasteiger partial charge >= 0.3 is 0 Å². The third-order valence-corrected chi connectivity index (χ3v) is 5.95. The van der Waals surface area contributed by atoms with Crippen molar-refractivity contribution in [2.45, 2.75) is 6.54 Å². The van der Waals surface area contributed by atoms with Crippen molar-refractivity contribution in [3.8, 4) is 0 Å². The molecule has 1 amide bonds. The smallest absolute Gasteiger partial charge is 0.251 e. The second-order valence-electron chi connectivity index (χ2n) is 8.06. The van der Waals surface area contributed by atoms with E-state index in [-0.39, 0.29) is 11.7 Å². The molecule has 6 nitrogen and oxygen atoms in total. The number of nitrogens with one attached hydrogen (secondary N) is 1. The van der Waals surface area contributed by atoms with Crippen molar-refractivity contribution < 1.29 is 9.18 Å². The topological polar surface area (TPSA) is 61.4 Å². The summed E-state index contributed by atoms with van der Waals surface area (Å²) in [7, 11) is 0. The van der Waals surface area contributed by atoms with Crippen molar-refractivity contribution >= 4 is 28.2 Å². The highest BCUT2D eigenvalue weighted by Gasteiger charge is 2.20. The molecule has 2 aromatic heterocycles. The van der Waals surface area contributed by atoms with Crippen LogP contribution < -0.4 is 15.1 Å². The van der Waals surface area contributed by atoms with Crippen molar-refractivity contribution in [3.05, 3.63) is 96.2 Å². The van der Waals surface area contributed by atoms with Crippen LogP contribution in [0.4, 0.5) is 15.9 Å². The lowest BCUT2D eigenvalue weighted by molar-refractivity contribution is 0.0951. The highest BCUT2D eigenvalue weighted by molar-refractivity contribution is 6.01. The molecular weight excluding hydrogens is 417 g/mol. The Morgan fingerprint density at radius 2 is 1.73 bits per heavy atom. The predicted octanol–water partition coefficient (Wildman–Crippen LogP) is 4.03. The molecule has 3 heterocycles. The van der Waals surface area contributed by atoms with Crippen LogP contribution in [0.25, 0.3) is 10.8 Å². The van der Waals surface area contributed by atoms with Gasteiger partial charge in [-0.3, -0.25) is 9.78 Å². The summed E-state index contributed by atoms with van der Waals surface area (Å²) in [5, 5.41) is 4.97. The third-order valence-electron chi connectivity index (χ3n) is 5.95. The summed E-state index contributed by atoms with van der Waals surface area (Å²) >= 11 is 0. The van der Waals surface area contributed by atoms with Gasteiger partial charge in [-0.05, 0) is 59.5 Å². The predicted molar refractivity (Wildman–Crippen MR) is 128 cm³/mol. The fourth-order valence-corrected chi connectivity index (χ4v) is 4.16. The van der Waals surface area contributed by atoms with Crippen LogP contribution in [0.3, 0.4) is 0 Å². The molecule has 0 radical (unpaired) electrons. The molecule has 1 saturated heterocycles. The average molecular weight is 442 g/mol. The van der Waals surface area contributed by atoms with Crippen molar-refractivity contribution in [1.29, 1.82) is 0 Å². The first-order valence-corrected chi connectivity index (χ1v) is 11.0. The molecule has 1 N–H and O–H groups in total. The van der Waals surface area contributed by atoms with Crippen LogP contribution in [0.5, 0.6) is 0 Å². The molecule has 2 aromatic carbocycles. The lowest BCUT2D eigenvalue weighted by Crippen LogP contribution is -2.46. The Labute approximate surface area is 191 Å². The van der Waals surface area contributed by atoms with Gasteiger partial charge in [0, 0.05) is 68.0 Å². The number of pyridine rings is 2. The zero-order valence-electron chi connectivity index (χ0n) is 18.1. The number of hydrogen-bond donors (Lipinski definition) is 1. The lowest BCUT2D eigenvalue weighted by atomic mass is 10.1. The van der Waals surface area contributed by atoms with E-state index in [1.807, 2.05) is 54.7 Å². The summed E-state index contributed by atoms with van der Waals surface area (Å²) in [4.78, 5) is 26.0. The van der Waals surface area contributed by atoms with Crippen molar-refractivity contribution in [3.63, 3.8) is 0 Å². The molecule has 0 aliphatic carbocycles. The number of carbonyl (C=O) groups is 1. The Morgan fingerprint density at radius 3 is 2.48 bits per heavy atom. The van der Waals surface area contributed by atoms with Crippen molar-refractivity contribution in [2.75, 3.05) is 36.0 Å². The molecule has 1 fully saturated rings. The monoisotopic (exact) mass is 441 g/mol. The van der Waals surface area contributed by atoms with E-state index in [0.29, 0.717) is 12.1 Å². The molecule has 166 valence electrons. The highest BCUT2D eigenvalue weighted by Crippen LogP contribution is 2.27. The van der Waals surface area contributed by atoms with E-state index in [9.17, 15) is 9.18 Å². The Bertz CT molecular complexity index is 1250. The maximum atomic E-state index is 13.2. The number of nitrogens with zero attached hydrogens (tertiary/aromatic N) is 4. The van der Waals surface area contributed by atoms with Gasteiger partial charge in [-0.25, -0.2) is 9.37 Å². The first-order valence-electron chi connectivity index (χ1n) is 11.0. The molecule has 0 unspecified atom stereocenters. The molecule has 1 aliphatic heterocycles. The summed E-state index contributed by atoms with van der Waals surface area (Å²) < 4.78 is 13.2. The van der Waals surface area contributed by atoms with Crippen LogP contribution >= 0.6 is 0 Å². The summed E-state index contributed by atoms with van der Waals surface area (Å²) in [6, 6.07) is 18.1. The second-order valence-corrected chi connectivity index (χ2v) is 8.06. The number of aromatic nitrogens is 2. The molecule has 0 atom stereocenters. The number of rotatable bonds is 5. The molecule has 0 bridgehead atoms. The van der Waals surface area contributed by atoms with Gasteiger partial charge in [0.1, 0.15) is 11.6 Å². The zero-order valence-corrected chi connectivity index (χ0v) is 18.1. The van der Waals surface area contributed by atoms with Gasteiger partial charge in [0.25, 0.3) is 5.91 Å². The van der Waals surface area contributed by atoms with E-state index in [2.05, 4.69) is 25.1 Å². The maximum Gasteiger partial charge on any atom is 0.251 e. The van der Waals surface area contributed by atoms with E-state index in [4.69, 9.17) is 0 Å². The number of halogens is 1. The first-order chi connectivity index (χ1) is 16.2. The Morgan fingerprint density at radius 1 is 0.939 bits per heavy atom. The fourth-order valence-electron chi connectivity index (χ4n) is 4.16. The van der Waals surface area contributed by atoms with Gasteiger partial charge in [0.2, 0.25) is 0 Å². The SMILES string of the molecule is O=C(NCc1cccnc1)c1ccc2ccnc(N3CCN(c4ccc(F)cc4)CC3)c2c1. The van der Waals surface area contributed by atoms with Crippen LogP contribution in [0, 0.1) is 5.82 Å². The van der Waals surface area contributed by atoms with Crippen LogP contribution in [0.1, 0.15) is 15.9 Å². The number of fused-ring (bicyclic) bond motifs is 1. The number of piperazine rings is 1. The van der Waals surface area contributed by atoms with Crippen LogP contribution in [0.15, 0.2) is 79.3 Å². The van der Waals surface area contributed by atoms with Crippen molar-refractivity contribution in [2.24, 2.45) is 0 Å². The molecule has 4 aromatic rings. The molecule has 33 heavy (non-hydrogen) atoms. The van der Waals surface area contributed by atoms with Gasteiger partial charge in [-0.1, -0.05) is 12.1 Å². The minimum atomic E-state index is -0.224. The second kappa shape index (κ2) is 9.24. The molecule has 0 spiro atoms. The normalized spacial score (nSPS) is 13.8. The van der Waals surface area contributed by atoms with Crippen molar-refractivity contribution in [1.82, 2.24) is 15.3 Å². The highest BCUT2D eigenvalue weighted by atomic mass is 19.1. The summed E-state index contributed by atoms with van der Waals surface area (Å²) in [5.74, 6) is 0.530. The first kappa shape index (κ1) is 20.9. The third kappa shape index (κ3) is 4.62. The Hall–Kier alpha value is -4.00. The van der Waals surface area contributed by atoms with E-state index in [1.165, 1.54) is 12.1 Å². The number of benzene rings is 2. The molecule has 5 rings (SSSR count). The van der Waals surface area contributed by atoms with Gasteiger partial charge in [-0.15, -0.1) is 0 Å². The quantitative estimate of drug-likeness (QED) is 0.507. The standard InChI is InChI=1S/C26H24FN5O/c27-22-5-7-23(8-6-22)31-12-14-32(15-13-31)25-24-16-21(4-3-20(24)9-11-29-25)26(33)30-18-19-2-1-10-28-17-19/h1-11,16-17H,12-15,18H2,(H,30,33). The van der Waals surface area contributed by atoms with Crippen LogP contribution in [0.2, 0.25) is 0 Å². The molecule has 7 heteroatoms. The largest absolute Gasteiger partial charge is 0.368 e. The Kier molecular flexibility index (Phi) is 5.85. The minimum absolute atomic E-state index is 0.128. The lowest BCUT2D eigenvalue weighted by Gasteiger charge is -2.37. The zero-order chi connectivity index (χ0) is 22.6. The van der Waals surface area contributed by atoms with Crippen LogP contribution in [-0.4, -0.2) is 42.1 Å². The van der Waals surface area contributed by atoms with Gasteiger partial charge < -0.3 is 15.1 Å². The Balaban J connectivity index is 1.32. The summed E-state index contributed by atoms with van der Waals surface area (Å²) in [5.41, 5.74) is 2.58. The van der Waals surface area contributed by atoms with Gasteiger partial charge in [-0.2, -0.15) is 0 Å². The van der Waals surface area contributed by atoms with E-state index in [0.717, 1.165) is 54.0 Å². The number of carbonyl (C=O) groups excluding carboxylic acids is 1. The van der Waals surface area contributed by atoms with E-state index >= 15 is 0 Å². The summed E-state index contributed by atoms with van der Waals surface area (Å²) in [6.45, 7) is 3.64. The van der Waals surface area contributed by atoms with E-state index < -0.39 is 0 Å². The number of anilines is 2. The molecule has 1 aliphatic rings. The molecular formula is C26H24FN5O. The maximum absolute atomic E-state index is 13.2. The molecule has 0 saturated carbocycles. The fraction of sp³-hybridized carbons (Fsp3) is 0.192. The van der Waals surface area contributed by atoms with Gasteiger partial charge in [0.15, 0.2) is 0 Å². The summed E-state index contributed by atoms with van der Waals surface area (Å²) in [6.07, 6.45) is 5.27. The number of hydrogen-bond acceptors (Lipinski definition) is 5. The van der Waals surface area contributed by atoms with E-state index in [1.54, 1.807) is 12.4 Å². The minimum Gasteiger partial charge on any atom is -0.368 e.